The van der Waals surface area contributed by atoms with E-state index >= 15 is 0 Å². The highest BCUT2D eigenvalue weighted by atomic mass is 15.0. The van der Waals surface area contributed by atoms with Gasteiger partial charge in [0.25, 0.3) is 0 Å². The van der Waals surface area contributed by atoms with Crippen LogP contribution in [-0.2, 0) is 5.54 Å². The van der Waals surface area contributed by atoms with Crippen LogP contribution in [0.5, 0.6) is 0 Å². The van der Waals surface area contributed by atoms with Crippen molar-refractivity contribution in [2.45, 2.75) is 26.3 Å². The topological polar surface area (TPSA) is 28.7 Å². The van der Waals surface area contributed by atoms with Crippen LogP contribution in [0.4, 0.5) is 0 Å². The van der Waals surface area contributed by atoms with Crippen molar-refractivity contribution in [2.75, 3.05) is 0 Å². The Hall–Kier alpha value is -1.23. The first-order valence-corrected chi connectivity index (χ1v) is 3.62. The van der Waals surface area contributed by atoms with Gasteiger partial charge in [-0.05, 0) is 26.8 Å². The second-order valence-electron chi connectivity index (χ2n) is 3.59. The number of hydrogen-bond donors (Lipinski definition) is 0. The molecule has 1 rings (SSSR count). The fourth-order valence-electron chi connectivity index (χ4n) is 0.880. The van der Waals surface area contributed by atoms with E-state index in [-0.39, 0.29) is 5.54 Å². The van der Waals surface area contributed by atoms with E-state index in [1.54, 1.807) is 0 Å². The molecule has 0 aliphatic heterocycles. The van der Waals surface area contributed by atoms with Gasteiger partial charge in [0.1, 0.15) is 6.07 Å². The molecule has 0 bridgehead atoms. The van der Waals surface area contributed by atoms with E-state index in [9.17, 15) is 0 Å². The molecule has 0 saturated heterocycles. The van der Waals surface area contributed by atoms with Crippen molar-refractivity contribution in [1.82, 2.24) is 4.57 Å². The molecule has 0 aliphatic rings. The van der Waals surface area contributed by atoms with E-state index in [0.717, 1.165) is 5.56 Å². The lowest BCUT2D eigenvalue weighted by Gasteiger charge is -2.20. The molecule has 2 heteroatoms. The van der Waals surface area contributed by atoms with Crippen molar-refractivity contribution in [3.05, 3.63) is 24.0 Å². The molecule has 58 valence electrons. The molecule has 0 aliphatic carbocycles. The smallest absolute Gasteiger partial charge is 0.101 e. The molecule has 0 fully saturated rings. The van der Waals surface area contributed by atoms with Gasteiger partial charge in [-0.3, -0.25) is 0 Å². The monoisotopic (exact) mass is 148 g/mol. The molecule has 1 heterocycles. The number of nitrogens with zero attached hydrogens (tertiary/aromatic N) is 2. The molecular weight excluding hydrogens is 136 g/mol. The maximum Gasteiger partial charge on any atom is 0.101 e. The van der Waals surface area contributed by atoms with Gasteiger partial charge >= 0.3 is 0 Å². The van der Waals surface area contributed by atoms with Crippen molar-refractivity contribution in [3.8, 4) is 6.07 Å². The molecule has 0 unspecified atom stereocenters. The maximum atomic E-state index is 8.55. The minimum absolute atomic E-state index is 0.0785. The summed E-state index contributed by atoms with van der Waals surface area (Å²) in [5.41, 5.74) is 0.801. The molecule has 0 saturated carbocycles. The van der Waals surface area contributed by atoms with E-state index in [0.29, 0.717) is 0 Å². The van der Waals surface area contributed by atoms with Crippen LogP contribution in [-0.4, -0.2) is 4.57 Å². The van der Waals surface area contributed by atoms with E-state index in [1.165, 1.54) is 0 Å². The number of nitriles is 1. The summed E-state index contributed by atoms with van der Waals surface area (Å²) in [5, 5.41) is 8.55. The van der Waals surface area contributed by atoms with E-state index < -0.39 is 0 Å². The molecule has 0 N–H and O–H groups in total. The quantitative estimate of drug-likeness (QED) is 0.554. The maximum absolute atomic E-state index is 8.55. The van der Waals surface area contributed by atoms with Gasteiger partial charge in [-0.2, -0.15) is 5.26 Å². The largest absolute Gasteiger partial charge is 0.348 e. The lowest BCUT2D eigenvalue weighted by atomic mass is 10.1. The van der Waals surface area contributed by atoms with E-state index in [4.69, 9.17) is 5.26 Å². The molecule has 0 radical (unpaired) electrons. The van der Waals surface area contributed by atoms with Crippen molar-refractivity contribution in [1.29, 1.82) is 5.26 Å². The van der Waals surface area contributed by atoms with Crippen LogP contribution in [0.2, 0.25) is 0 Å². The van der Waals surface area contributed by atoms with Crippen molar-refractivity contribution in [3.63, 3.8) is 0 Å². The van der Waals surface area contributed by atoms with Gasteiger partial charge in [-0.1, -0.05) is 0 Å². The zero-order chi connectivity index (χ0) is 8.48. The SMILES string of the molecule is CC(C)(C)n1ccc(C#N)c1. The third-order valence-electron chi connectivity index (χ3n) is 1.60. The molecule has 2 nitrogen and oxygen atoms in total. The van der Waals surface area contributed by atoms with E-state index in [2.05, 4.69) is 26.8 Å². The van der Waals surface area contributed by atoms with Crippen molar-refractivity contribution in [2.24, 2.45) is 0 Å². The average molecular weight is 148 g/mol. The highest BCUT2D eigenvalue weighted by Crippen LogP contribution is 2.14. The predicted molar refractivity (Wildman–Crippen MR) is 44.1 cm³/mol. The molecule has 0 amide bonds. The zero-order valence-electron chi connectivity index (χ0n) is 7.13. The summed E-state index contributed by atoms with van der Waals surface area (Å²) >= 11 is 0. The Balaban J connectivity index is 3.01. The zero-order valence-corrected chi connectivity index (χ0v) is 7.13. The van der Waals surface area contributed by atoms with Crippen LogP contribution in [0, 0.1) is 11.3 Å². The number of rotatable bonds is 0. The summed E-state index contributed by atoms with van der Waals surface area (Å²) in [5.74, 6) is 0. The van der Waals surface area contributed by atoms with Gasteiger partial charge < -0.3 is 4.57 Å². The number of hydrogen-bond acceptors (Lipinski definition) is 1. The third kappa shape index (κ3) is 1.62. The first-order valence-electron chi connectivity index (χ1n) is 3.62. The third-order valence-corrected chi connectivity index (χ3v) is 1.60. The second kappa shape index (κ2) is 2.43. The van der Waals surface area contributed by atoms with Crippen molar-refractivity contribution < 1.29 is 0 Å². The molecular formula is C9H12N2. The summed E-state index contributed by atoms with van der Waals surface area (Å²) in [6.07, 6.45) is 3.79. The van der Waals surface area contributed by atoms with Crippen LogP contribution in [0.3, 0.4) is 0 Å². The molecule has 1 aromatic heterocycles. The Bertz CT molecular complexity index is 283. The summed E-state index contributed by atoms with van der Waals surface area (Å²) < 4.78 is 2.03. The normalized spacial score (nSPS) is 11.1. The van der Waals surface area contributed by atoms with Crippen LogP contribution < -0.4 is 0 Å². The van der Waals surface area contributed by atoms with Crippen LogP contribution >= 0.6 is 0 Å². The highest BCUT2D eigenvalue weighted by Gasteiger charge is 2.11. The molecule has 0 aromatic carbocycles. The van der Waals surface area contributed by atoms with E-state index in [1.807, 2.05) is 23.0 Å². The summed E-state index contributed by atoms with van der Waals surface area (Å²) in [6.45, 7) is 6.32. The van der Waals surface area contributed by atoms with Crippen LogP contribution in [0.25, 0.3) is 0 Å². The summed E-state index contributed by atoms with van der Waals surface area (Å²) in [7, 11) is 0. The lowest BCUT2D eigenvalue weighted by Crippen LogP contribution is -2.19. The minimum atomic E-state index is 0.0785. The molecule has 0 atom stereocenters. The predicted octanol–water partition coefficient (Wildman–Crippen LogP) is 2.11. The van der Waals surface area contributed by atoms with Gasteiger partial charge in [-0.15, -0.1) is 0 Å². The fraction of sp³-hybridized carbons (Fsp3) is 0.444. The second-order valence-corrected chi connectivity index (χ2v) is 3.59. The van der Waals surface area contributed by atoms with Gasteiger partial charge in [0.15, 0.2) is 0 Å². The Labute approximate surface area is 67.1 Å². The first-order chi connectivity index (χ1) is 5.04. The minimum Gasteiger partial charge on any atom is -0.348 e. The fourth-order valence-corrected chi connectivity index (χ4v) is 0.880. The van der Waals surface area contributed by atoms with Gasteiger partial charge in [0, 0.05) is 17.9 Å². The van der Waals surface area contributed by atoms with Crippen LogP contribution in [0.1, 0.15) is 26.3 Å². The Kier molecular flexibility index (Phi) is 1.74. The Morgan fingerprint density at radius 2 is 2.09 bits per heavy atom. The van der Waals surface area contributed by atoms with Gasteiger partial charge in [-0.25, -0.2) is 0 Å². The highest BCUT2D eigenvalue weighted by molar-refractivity contribution is 5.26. The number of aromatic nitrogens is 1. The molecule has 11 heavy (non-hydrogen) atoms. The average Bonchev–Trinajstić information content (AvgIpc) is 2.32. The van der Waals surface area contributed by atoms with Crippen molar-refractivity contribution >= 4 is 0 Å². The lowest BCUT2D eigenvalue weighted by molar-refractivity contribution is 0.398. The Morgan fingerprint density at radius 3 is 2.36 bits per heavy atom. The van der Waals surface area contributed by atoms with Gasteiger partial charge in [0.2, 0.25) is 0 Å². The Morgan fingerprint density at radius 1 is 1.45 bits per heavy atom. The molecule has 0 spiro atoms. The molecule has 1 aromatic rings. The summed E-state index contributed by atoms with van der Waals surface area (Å²) in [4.78, 5) is 0. The first kappa shape index (κ1) is 7.87. The standard InChI is InChI=1S/C9H12N2/c1-9(2,3)11-5-4-8(6-10)7-11/h4-5,7H,1-3H3. The summed E-state index contributed by atoms with van der Waals surface area (Å²) in [6, 6.07) is 3.92. The van der Waals surface area contributed by atoms with Crippen LogP contribution in [0.15, 0.2) is 18.5 Å². The van der Waals surface area contributed by atoms with Gasteiger partial charge in [0.05, 0.1) is 5.56 Å².